The monoisotopic (exact) mass is 395 g/mol. The van der Waals surface area contributed by atoms with Crippen LogP contribution in [0.1, 0.15) is 124 Å². The summed E-state index contributed by atoms with van der Waals surface area (Å²) in [5.74, 6) is 0.325. The Morgan fingerprint density at radius 1 is 0.607 bits per heavy atom. The van der Waals surface area contributed by atoms with Gasteiger partial charge >= 0.3 is 0 Å². The van der Waals surface area contributed by atoms with E-state index < -0.39 is 0 Å². The zero-order chi connectivity index (χ0) is 21.2. The predicted octanol–water partition coefficient (Wildman–Crippen LogP) is 6.97. The molecule has 0 aromatic heterocycles. The van der Waals surface area contributed by atoms with Gasteiger partial charge in [0.05, 0.1) is 6.04 Å². The lowest BCUT2D eigenvalue weighted by Crippen LogP contribution is -2.44. The Labute approximate surface area is 176 Å². The molecule has 0 fully saturated rings. The van der Waals surface area contributed by atoms with Crippen LogP contribution >= 0.6 is 0 Å². The zero-order valence-corrected chi connectivity index (χ0v) is 19.7. The van der Waals surface area contributed by atoms with Crippen molar-refractivity contribution in [3.8, 4) is 0 Å². The molecule has 0 spiro atoms. The fraction of sp³-hybridized carbons (Fsp3) is 0.920. The molecular formula is C25H49NO2. The van der Waals surface area contributed by atoms with Gasteiger partial charge in [0, 0.05) is 18.8 Å². The summed E-state index contributed by atoms with van der Waals surface area (Å²) in [5.41, 5.74) is 0. The average Bonchev–Trinajstić information content (AvgIpc) is 2.66. The standard InChI is InChI=1S/C25H49NO2/c1-6-8-10-12-14-16-18-20-23(27)22(3)25(26(4)5)24(28)21-19-17-15-13-11-9-7-2/h22,25H,6-21H2,1-5H3. The summed E-state index contributed by atoms with van der Waals surface area (Å²) < 4.78 is 0. The molecule has 0 saturated heterocycles. The largest absolute Gasteiger partial charge is 0.299 e. The maximum Gasteiger partial charge on any atom is 0.150 e. The van der Waals surface area contributed by atoms with Gasteiger partial charge in [-0.15, -0.1) is 0 Å². The molecule has 0 saturated carbocycles. The fourth-order valence-electron chi connectivity index (χ4n) is 4.08. The van der Waals surface area contributed by atoms with Crippen molar-refractivity contribution in [2.45, 2.75) is 130 Å². The molecule has 166 valence electrons. The molecule has 0 bridgehead atoms. The van der Waals surface area contributed by atoms with Crippen molar-refractivity contribution >= 4 is 11.6 Å². The Kier molecular flexibility index (Phi) is 17.9. The Bertz CT molecular complexity index is 392. The minimum Gasteiger partial charge on any atom is -0.299 e. The van der Waals surface area contributed by atoms with Crippen molar-refractivity contribution in [2.24, 2.45) is 5.92 Å². The van der Waals surface area contributed by atoms with Gasteiger partial charge in [-0.1, -0.05) is 97.8 Å². The number of Topliss-reactive ketones (excluding diaryl/α,β-unsaturated/α-hetero) is 2. The Morgan fingerprint density at radius 3 is 1.36 bits per heavy atom. The smallest absolute Gasteiger partial charge is 0.150 e. The third-order valence-corrected chi connectivity index (χ3v) is 5.92. The maximum atomic E-state index is 12.7. The van der Waals surface area contributed by atoms with Gasteiger partial charge in [0.15, 0.2) is 5.78 Å². The second kappa shape index (κ2) is 18.3. The van der Waals surface area contributed by atoms with Crippen LogP contribution in [0.25, 0.3) is 0 Å². The molecule has 0 aromatic rings. The van der Waals surface area contributed by atoms with E-state index in [1.54, 1.807) is 0 Å². The fourth-order valence-corrected chi connectivity index (χ4v) is 4.08. The van der Waals surface area contributed by atoms with Crippen molar-refractivity contribution in [3.05, 3.63) is 0 Å². The first-order valence-corrected chi connectivity index (χ1v) is 12.2. The number of hydrogen-bond donors (Lipinski definition) is 0. The van der Waals surface area contributed by atoms with Crippen molar-refractivity contribution in [1.82, 2.24) is 4.90 Å². The van der Waals surface area contributed by atoms with Gasteiger partial charge in [-0.2, -0.15) is 0 Å². The van der Waals surface area contributed by atoms with Crippen LogP contribution in [0.15, 0.2) is 0 Å². The third-order valence-electron chi connectivity index (χ3n) is 5.92. The van der Waals surface area contributed by atoms with E-state index >= 15 is 0 Å². The molecule has 0 amide bonds. The summed E-state index contributed by atoms with van der Waals surface area (Å²) >= 11 is 0. The van der Waals surface area contributed by atoms with Crippen LogP contribution in [0, 0.1) is 5.92 Å². The van der Waals surface area contributed by atoms with Crippen LogP contribution < -0.4 is 0 Å². The number of carbonyl (C=O) groups is 2. The molecule has 3 heteroatoms. The third kappa shape index (κ3) is 13.5. The van der Waals surface area contributed by atoms with Gasteiger partial charge in [-0.3, -0.25) is 14.5 Å². The van der Waals surface area contributed by atoms with Crippen molar-refractivity contribution < 1.29 is 9.59 Å². The first kappa shape index (κ1) is 27.3. The summed E-state index contributed by atoms with van der Waals surface area (Å²) in [6, 6.07) is -0.253. The van der Waals surface area contributed by atoms with Crippen molar-refractivity contribution in [1.29, 1.82) is 0 Å². The first-order chi connectivity index (χ1) is 13.5. The molecule has 0 N–H and O–H groups in total. The maximum absolute atomic E-state index is 12.7. The van der Waals surface area contributed by atoms with Gasteiger partial charge in [0.25, 0.3) is 0 Å². The van der Waals surface area contributed by atoms with Crippen LogP contribution in [0.3, 0.4) is 0 Å². The van der Waals surface area contributed by atoms with E-state index in [2.05, 4.69) is 13.8 Å². The van der Waals surface area contributed by atoms with E-state index in [1.165, 1.54) is 64.2 Å². The average molecular weight is 396 g/mol. The number of nitrogens with zero attached hydrogens (tertiary/aromatic N) is 1. The molecule has 2 atom stereocenters. The highest BCUT2D eigenvalue weighted by Gasteiger charge is 2.30. The molecule has 0 aliphatic rings. The summed E-state index contributed by atoms with van der Waals surface area (Å²) in [6.45, 7) is 6.42. The summed E-state index contributed by atoms with van der Waals surface area (Å²) in [7, 11) is 3.87. The minimum atomic E-state index is -0.253. The second-order valence-electron chi connectivity index (χ2n) is 8.87. The Morgan fingerprint density at radius 2 is 0.964 bits per heavy atom. The van der Waals surface area contributed by atoms with E-state index in [1.807, 2.05) is 25.9 Å². The number of likely N-dealkylation sites (N-methyl/N-ethyl adjacent to an activating group) is 1. The molecule has 0 heterocycles. The number of unbranched alkanes of at least 4 members (excludes halogenated alkanes) is 12. The van der Waals surface area contributed by atoms with Crippen LogP contribution in [-0.4, -0.2) is 36.6 Å². The molecule has 0 aromatic carbocycles. The number of ketones is 2. The number of rotatable bonds is 20. The molecule has 0 aliphatic heterocycles. The molecular weight excluding hydrogens is 346 g/mol. The van der Waals surface area contributed by atoms with Gasteiger partial charge in [-0.05, 0) is 26.9 Å². The SMILES string of the molecule is CCCCCCCCCC(=O)C(C)C(C(=O)CCCCCCCCC)N(C)C. The normalized spacial score (nSPS) is 13.6. The zero-order valence-electron chi connectivity index (χ0n) is 19.7. The lowest BCUT2D eigenvalue weighted by molar-refractivity contribution is -0.132. The van der Waals surface area contributed by atoms with Gasteiger partial charge in [-0.25, -0.2) is 0 Å². The van der Waals surface area contributed by atoms with Crippen molar-refractivity contribution in [3.63, 3.8) is 0 Å². The summed E-state index contributed by atoms with van der Waals surface area (Å²) in [4.78, 5) is 27.3. The van der Waals surface area contributed by atoms with Crippen LogP contribution in [0.5, 0.6) is 0 Å². The highest BCUT2D eigenvalue weighted by Crippen LogP contribution is 2.19. The van der Waals surface area contributed by atoms with Crippen LogP contribution in [0.2, 0.25) is 0 Å². The lowest BCUT2D eigenvalue weighted by Gasteiger charge is -2.28. The molecule has 2 unspecified atom stereocenters. The lowest BCUT2D eigenvalue weighted by atomic mass is 9.88. The highest BCUT2D eigenvalue weighted by atomic mass is 16.1. The second-order valence-corrected chi connectivity index (χ2v) is 8.87. The molecule has 0 rings (SSSR count). The van der Waals surface area contributed by atoms with Gasteiger partial charge in [0.1, 0.15) is 5.78 Å². The molecule has 0 radical (unpaired) electrons. The van der Waals surface area contributed by atoms with E-state index in [0.717, 1.165) is 25.7 Å². The van der Waals surface area contributed by atoms with Gasteiger partial charge in [0.2, 0.25) is 0 Å². The summed E-state index contributed by atoms with van der Waals surface area (Å²) in [6.07, 6.45) is 18.3. The van der Waals surface area contributed by atoms with E-state index in [4.69, 9.17) is 0 Å². The quantitative estimate of drug-likeness (QED) is 0.209. The highest BCUT2D eigenvalue weighted by molar-refractivity contribution is 5.91. The first-order valence-electron chi connectivity index (χ1n) is 12.2. The van der Waals surface area contributed by atoms with E-state index in [9.17, 15) is 9.59 Å². The molecule has 0 aliphatic carbocycles. The molecule has 28 heavy (non-hydrogen) atoms. The van der Waals surface area contributed by atoms with Crippen molar-refractivity contribution in [2.75, 3.05) is 14.1 Å². The summed E-state index contributed by atoms with van der Waals surface area (Å²) in [5, 5.41) is 0. The molecule has 3 nitrogen and oxygen atoms in total. The topological polar surface area (TPSA) is 37.4 Å². The number of hydrogen-bond acceptors (Lipinski definition) is 3. The Balaban J connectivity index is 4.15. The van der Waals surface area contributed by atoms with Gasteiger partial charge < -0.3 is 0 Å². The van der Waals surface area contributed by atoms with E-state index in [0.29, 0.717) is 12.8 Å². The van der Waals surface area contributed by atoms with Crippen LogP contribution in [-0.2, 0) is 9.59 Å². The minimum absolute atomic E-state index is 0.188. The predicted molar refractivity (Wildman–Crippen MR) is 122 cm³/mol. The Hall–Kier alpha value is -0.700. The van der Waals surface area contributed by atoms with E-state index in [-0.39, 0.29) is 23.5 Å². The van der Waals surface area contributed by atoms with Crippen LogP contribution in [0.4, 0.5) is 0 Å². The number of carbonyl (C=O) groups excluding carboxylic acids is 2.